The quantitative estimate of drug-likeness (QED) is 0.353. The summed E-state index contributed by atoms with van der Waals surface area (Å²) in [5, 5.41) is 6.88. The van der Waals surface area contributed by atoms with Gasteiger partial charge in [0.2, 0.25) is 5.75 Å². The first-order chi connectivity index (χ1) is 17.1. The molecule has 0 unspecified atom stereocenters. The highest BCUT2D eigenvalue weighted by molar-refractivity contribution is 6.31. The highest BCUT2D eigenvalue weighted by Crippen LogP contribution is 2.42. The van der Waals surface area contributed by atoms with Crippen molar-refractivity contribution < 1.29 is 32.2 Å². The van der Waals surface area contributed by atoms with Gasteiger partial charge in [-0.15, -0.1) is 0 Å². The van der Waals surface area contributed by atoms with E-state index in [-0.39, 0.29) is 39.7 Å². The number of nitrogens with one attached hydrogen (secondary N) is 1. The van der Waals surface area contributed by atoms with Crippen LogP contribution in [0.25, 0.3) is 16.9 Å². The second-order valence-electron chi connectivity index (χ2n) is 7.60. The number of alkyl halides is 3. The van der Waals surface area contributed by atoms with E-state index in [1.54, 1.807) is 25.1 Å². The molecule has 0 radical (unpaired) electrons. The highest BCUT2D eigenvalue weighted by Gasteiger charge is 2.36. The molecule has 0 aliphatic carbocycles. The summed E-state index contributed by atoms with van der Waals surface area (Å²) in [6, 6.07) is 8.69. The fourth-order valence-electron chi connectivity index (χ4n) is 3.63. The Hall–Kier alpha value is -3.99. The van der Waals surface area contributed by atoms with Crippen LogP contribution >= 0.6 is 11.6 Å². The lowest BCUT2D eigenvalue weighted by Crippen LogP contribution is -2.16. The van der Waals surface area contributed by atoms with Crippen LogP contribution in [-0.2, 0) is 6.18 Å². The van der Waals surface area contributed by atoms with Gasteiger partial charge in [-0.3, -0.25) is 4.79 Å². The van der Waals surface area contributed by atoms with Gasteiger partial charge >= 0.3 is 6.18 Å². The number of aromatic nitrogens is 3. The summed E-state index contributed by atoms with van der Waals surface area (Å²) in [5.41, 5.74) is -0.387. The minimum absolute atomic E-state index is 0.0810. The number of carbonyl (C=O) groups excluding carboxylic acids is 1. The van der Waals surface area contributed by atoms with Crippen LogP contribution in [0.2, 0.25) is 5.02 Å². The fraction of sp³-hybridized carbons (Fsp3) is 0.208. The van der Waals surface area contributed by atoms with Crippen molar-refractivity contribution in [3.8, 4) is 28.5 Å². The first-order valence-corrected chi connectivity index (χ1v) is 10.8. The number of halogens is 4. The lowest BCUT2D eigenvalue weighted by molar-refractivity contribution is -0.142. The molecular weight excluding hydrogens is 501 g/mol. The molecule has 1 amide bonds. The summed E-state index contributed by atoms with van der Waals surface area (Å²) in [7, 11) is 4.18. The number of carbonyl (C=O) groups is 1. The van der Waals surface area contributed by atoms with Crippen LogP contribution in [0.5, 0.6) is 17.2 Å². The van der Waals surface area contributed by atoms with Crippen molar-refractivity contribution in [2.75, 3.05) is 26.6 Å². The average molecular weight is 521 g/mol. The van der Waals surface area contributed by atoms with Crippen LogP contribution in [0.1, 0.15) is 21.6 Å². The number of anilines is 1. The van der Waals surface area contributed by atoms with Crippen LogP contribution in [-0.4, -0.2) is 41.8 Å². The van der Waals surface area contributed by atoms with Crippen molar-refractivity contribution >= 4 is 28.8 Å². The van der Waals surface area contributed by atoms with Gasteiger partial charge in [0, 0.05) is 16.3 Å². The van der Waals surface area contributed by atoms with Crippen LogP contribution in [0.3, 0.4) is 0 Å². The van der Waals surface area contributed by atoms with Gasteiger partial charge in [-0.2, -0.15) is 18.3 Å². The van der Waals surface area contributed by atoms with E-state index < -0.39 is 17.8 Å². The first kappa shape index (κ1) is 25.1. The smallest absolute Gasteiger partial charge is 0.433 e. The number of methoxy groups -OCH3 is 3. The summed E-state index contributed by atoms with van der Waals surface area (Å²) >= 11 is 6.11. The van der Waals surface area contributed by atoms with Crippen molar-refractivity contribution in [2.24, 2.45) is 0 Å². The van der Waals surface area contributed by atoms with Crippen LogP contribution in [0.15, 0.2) is 42.6 Å². The number of amides is 1. The first-order valence-electron chi connectivity index (χ1n) is 10.4. The monoisotopic (exact) mass is 520 g/mol. The van der Waals surface area contributed by atoms with E-state index in [9.17, 15) is 18.0 Å². The normalized spacial score (nSPS) is 11.4. The number of rotatable bonds is 6. The van der Waals surface area contributed by atoms with Crippen molar-refractivity contribution in [3.63, 3.8) is 0 Å². The minimum Gasteiger partial charge on any atom is -0.493 e. The molecule has 0 saturated carbocycles. The van der Waals surface area contributed by atoms with Gasteiger partial charge < -0.3 is 19.5 Å². The lowest BCUT2D eigenvalue weighted by atomic mass is 10.1. The Morgan fingerprint density at radius 2 is 1.72 bits per heavy atom. The molecule has 1 N–H and O–H groups in total. The molecule has 2 aromatic carbocycles. The average Bonchev–Trinajstić information content (AvgIpc) is 3.28. The van der Waals surface area contributed by atoms with E-state index in [1.807, 2.05) is 0 Å². The highest BCUT2D eigenvalue weighted by atomic mass is 35.5. The zero-order valence-corrected chi connectivity index (χ0v) is 20.3. The molecule has 0 spiro atoms. The van der Waals surface area contributed by atoms with E-state index in [4.69, 9.17) is 25.8 Å². The van der Waals surface area contributed by atoms with Crippen LogP contribution in [0, 0.1) is 6.92 Å². The van der Waals surface area contributed by atoms with Crippen molar-refractivity contribution in [2.45, 2.75) is 13.1 Å². The molecule has 4 rings (SSSR count). The Morgan fingerprint density at radius 1 is 1.06 bits per heavy atom. The van der Waals surface area contributed by atoms with Gasteiger partial charge in [-0.05, 0) is 42.8 Å². The third-order valence-corrected chi connectivity index (χ3v) is 5.89. The number of hydrogen-bond acceptors (Lipinski definition) is 6. The minimum atomic E-state index is -4.79. The molecule has 36 heavy (non-hydrogen) atoms. The topological polar surface area (TPSA) is 87.0 Å². The van der Waals surface area contributed by atoms with Gasteiger partial charge in [-0.1, -0.05) is 17.7 Å². The van der Waals surface area contributed by atoms with E-state index in [2.05, 4.69) is 15.4 Å². The number of benzene rings is 2. The standard InChI is InChI=1S/C24H20ClF3N4O4/c1-12-15(25)6-5-7-16(12)31-23(33)14-11-29-32-20(24(26,27)28)10-17(30-22(14)32)13-8-18(34-2)21(36-4)19(9-13)35-3/h5-11H,1-4H3,(H,31,33). The molecule has 0 atom stereocenters. The van der Waals surface area contributed by atoms with Crippen molar-refractivity contribution in [1.82, 2.24) is 14.6 Å². The van der Waals surface area contributed by atoms with Gasteiger partial charge in [0.1, 0.15) is 5.56 Å². The number of nitrogens with zero attached hydrogens (tertiary/aromatic N) is 3. The Labute approximate surface area is 208 Å². The van der Waals surface area contributed by atoms with Crippen LogP contribution < -0.4 is 19.5 Å². The third-order valence-electron chi connectivity index (χ3n) is 5.48. The van der Waals surface area contributed by atoms with E-state index in [0.717, 1.165) is 12.3 Å². The fourth-order valence-corrected chi connectivity index (χ4v) is 3.81. The molecule has 0 fully saturated rings. The molecule has 12 heteroatoms. The summed E-state index contributed by atoms with van der Waals surface area (Å²) in [6.45, 7) is 1.70. The zero-order valence-electron chi connectivity index (χ0n) is 19.5. The Kier molecular flexibility index (Phi) is 6.68. The van der Waals surface area contributed by atoms with Gasteiger partial charge in [0.15, 0.2) is 22.8 Å². The molecule has 188 valence electrons. The molecule has 0 bridgehead atoms. The van der Waals surface area contributed by atoms with Gasteiger partial charge in [0.05, 0.1) is 33.2 Å². The molecule has 0 aliphatic rings. The zero-order chi connectivity index (χ0) is 26.2. The molecule has 8 nitrogen and oxygen atoms in total. The van der Waals surface area contributed by atoms with Gasteiger partial charge in [0.25, 0.3) is 5.91 Å². The predicted molar refractivity (Wildman–Crippen MR) is 127 cm³/mol. The Bertz CT molecular complexity index is 1450. The summed E-state index contributed by atoms with van der Waals surface area (Å²) in [5.74, 6) is 0.0233. The van der Waals surface area contributed by atoms with E-state index in [1.165, 1.54) is 33.5 Å². The molecular formula is C24H20ClF3N4O4. The molecule has 2 aromatic heterocycles. The largest absolute Gasteiger partial charge is 0.493 e. The SMILES string of the molecule is COc1cc(-c2cc(C(F)(F)F)n3ncc(C(=O)Nc4cccc(Cl)c4C)c3n2)cc(OC)c1OC. The second-order valence-corrected chi connectivity index (χ2v) is 8.01. The summed E-state index contributed by atoms with van der Waals surface area (Å²) < 4.78 is 58.5. The lowest BCUT2D eigenvalue weighted by Gasteiger charge is -2.15. The maximum atomic E-state index is 14.0. The molecule has 4 aromatic rings. The number of ether oxygens (including phenoxy) is 3. The Morgan fingerprint density at radius 3 is 2.31 bits per heavy atom. The van der Waals surface area contributed by atoms with E-state index in [0.29, 0.717) is 20.8 Å². The maximum absolute atomic E-state index is 14.0. The van der Waals surface area contributed by atoms with Crippen molar-refractivity contribution in [1.29, 1.82) is 0 Å². The van der Waals surface area contributed by atoms with Crippen LogP contribution in [0.4, 0.5) is 18.9 Å². The summed E-state index contributed by atoms with van der Waals surface area (Å²) in [6.07, 6.45) is -3.76. The number of fused-ring (bicyclic) bond motifs is 1. The second kappa shape index (κ2) is 9.57. The van der Waals surface area contributed by atoms with E-state index >= 15 is 0 Å². The van der Waals surface area contributed by atoms with Crippen molar-refractivity contribution in [3.05, 3.63) is 64.4 Å². The molecule has 0 saturated heterocycles. The maximum Gasteiger partial charge on any atom is 0.433 e. The summed E-state index contributed by atoms with van der Waals surface area (Å²) in [4.78, 5) is 17.4. The third kappa shape index (κ3) is 4.49. The number of hydrogen-bond donors (Lipinski definition) is 1. The predicted octanol–water partition coefficient (Wildman–Crippen LogP) is 5.66. The molecule has 0 aliphatic heterocycles. The van der Waals surface area contributed by atoms with Gasteiger partial charge in [-0.25, -0.2) is 9.50 Å². The Balaban J connectivity index is 1.90. The molecule has 2 heterocycles.